The quantitative estimate of drug-likeness (QED) is 0.715. The molecule has 2 heterocycles. The van der Waals surface area contributed by atoms with Crippen molar-refractivity contribution in [2.75, 3.05) is 26.2 Å². The third-order valence-corrected chi connectivity index (χ3v) is 8.05. The maximum absolute atomic E-state index is 13.6. The first-order valence-corrected chi connectivity index (χ1v) is 11.5. The van der Waals surface area contributed by atoms with Crippen molar-refractivity contribution in [1.29, 1.82) is 0 Å². The Hall–Kier alpha value is -2.00. The molecule has 2 aromatic carbocycles. The summed E-state index contributed by atoms with van der Waals surface area (Å²) in [4.78, 5) is 14.5. The van der Waals surface area contributed by atoms with Crippen molar-refractivity contribution in [3.8, 4) is 0 Å². The third kappa shape index (κ3) is 3.62. The number of piperidine rings is 1. The van der Waals surface area contributed by atoms with Gasteiger partial charge in [0.1, 0.15) is 11.5 Å². The highest BCUT2D eigenvalue weighted by Crippen LogP contribution is 2.39. The van der Waals surface area contributed by atoms with E-state index in [4.69, 9.17) is 16.3 Å². The third-order valence-electron chi connectivity index (χ3n) is 5.77. The molecule has 0 N–H and O–H groups in total. The predicted octanol–water partition coefficient (Wildman–Crippen LogP) is 3.44. The smallest absolute Gasteiger partial charge is 0.255 e. The number of aryl methyl sites for hydroxylation is 1. The van der Waals surface area contributed by atoms with Crippen LogP contribution in [0.4, 0.5) is 4.39 Å². The molecule has 4 rings (SSSR count). The van der Waals surface area contributed by atoms with Crippen LogP contribution in [0.15, 0.2) is 47.4 Å². The Morgan fingerprint density at radius 1 is 1.13 bits per heavy atom. The Bertz CT molecular complexity index is 1080. The number of carbonyl (C=O) groups excluding carboxylic acids is 1. The van der Waals surface area contributed by atoms with E-state index in [1.807, 2.05) is 0 Å². The fraction of sp³-hybridized carbons (Fsp3) is 0.381. The van der Waals surface area contributed by atoms with Crippen molar-refractivity contribution in [2.45, 2.75) is 30.4 Å². The highest BCUT2D eigenvalue weighted by Gasteiger charge is 2.51. The van der Waals surface area contributed by atoms with Gasteiger partial charge in [0.05, 0.1) is 22.1 Å². The monoisotopic (exact) mass is 452 g/mol. The lowest BCUT2D eigenvalue weighted by molar-refractivity contribution is -0.0857. The molecule has 0 unspecified atom stereocenters. The van der Waals surface area contributed by atoms with Crippen molar-refractivity contribution < 1.29 is 22.3 Å². The number of carbonyl (C=O) groups is 1. The molecule has 0 atom stereocenters. The van der Waals surface area contributed by atoms with Gasteiger partial charge >= 0.3 is 0 Å². The van der Waals surface area contributed by atoms with Crippen LogP contribution in [0, 0.1) is 12.7 Å². The molecule has 0 aliphatic carbocycles. The number of hydrogen-bond donors (Lipinski definition) is 0. The van der Waals surface area contributed by atoms with Crippen LogP contribution in [-0.4, -0.2) is 55.5 Å². The highest BCUT2D eigenvalue weighted by molar-refractivity contribution is 7.89. The van der Waals surface area contributed by atoms with E-state index in [0.29, 0.717) is 36.5 Å². The average Bonchev–Trinajstić information content (AvgIpc) is 3.14. The summed E-state index contributed by atoms with van der Waals surface area (Å²) in [6.45, 7) is 2.72. The average molecular weight is 453 g/mol. The molecular weight excluding hydrogens is 431 g/mol. The van der Waals surface area contributed by atoms with E-state index in [9.17, 15) is 17.6 Å². The molecule has 9 heteroatoms. The fourth-order valence-corrected chi connectivity index (χ4v) is 6.12. The van der Waals surface area contributed by atoms with E-state index in [2.05, 4.69) is 0 Å². The van der Waals surface area contributed by atoms with E-state index in [-0.39, 0.29) is 29.5 Å². The first-order valence-electron chi connectivity index (χ1n) is 9.71. The molecule has 30 heavy (non-hydrogen) atoms. The summed E-state index contributed by atoms with van der Waals surface area (Å²) in [7, 11) is -3.87. The molecule has 2 aromatic rings. The molecule has 160 valence electrons. The van der Waals surface area contributed by atoms with Crippen LogP contribution in [0.3, 0.4) is 0 Å². The number of ether oxygens (including phenoxy) is 1. The summed E-state index contributed by atoms with van der Waals surface area (Å²) in [5.41, 5.74) is -0.308. The fourth-order valence-electron chi connectivity index (χ4n) is 4.10. The molecule has 2 saturated heterocycles. The van der Waals surface area contributed by atoms with Gasteiger partial charge in [-0.3, -0.25) is 4.79 Å². The molecule has 2 aliphatic heterocycles. The minimum atomic E-state index is -3.87. The summed E-state index contributed by atoms with van der Waals surface area (Å²) in [5.74, 6) is -0.634. The Morgan fingerprint density at radius 3 is 2.50 bits per heavy atom. The first-order chi connectivity index (χ1) is 14.2. The number of sulfonamides is 1. The Morgan fingerprint density at radius 2 is 1.83 bits per heavy atom. The number of benzene rings is 2. The van der Waals surface area contributed by atoms with Crippen LogP contribution >= 0.6 is 11.6 Å². The predicted molar refractivity (Wildman–Crippen MR) is 110 cm³/mol. The van der Waals surface area contributed by atoms with Gasteiger partial charge in [-0.05, 0) is 42.8 Å². The van der Waals surface area contributed by atoms with Gasteiger partial charge in [0.2, 0.25) is 10.0 Å². The summed E-state index contributed by atoms with van der Waals surface area (Å²) >= 11 is 6.15. The van der Waals surface area contributed by atoms with Crippen molar-refractivity contribution in [2.24, 2.45) is 0 Å². The summed E-state index contributed by atoms with van der Waals surface area (Å²) in [6, 6.07) is 10.6. The zero-order chi connectivity index (χ0) is 21.5. The summed E-state index contributed by atoms with van der Waals surface area (Å²) in [6.07, 6.45) is 0.700. The molecule has 0 aromatic heterocycles. The number of rotatable bonds is 3. The SMILES string of the molecule is Cc1cc(S(=O)(=O)N2CCOC23CCN(C(=O)c2ccccc2Cl)CC3)ccc1F. The molecule has 0 bridgehead atoms. The lowest BCUT2D eigenvalue weighted by Crippen LogP contribution is -2.55. The van der Waals surface area contributed by atoms with Crippen LogP contribution in [0.5, 0.6) is 0 Å². The minimum Gasteiger partial charge on any atom is -0.358 e. The van der Waals surface area contributed by atoms with Gasteiger partial charge in [-0.25, -0.2) is 12.8 Å². The Kier molecular flexibility index (Phi) is 5.61. The number of hydrogen-bond acceptors (Lipinski definition) is 4. The van der Waals surface area contributed by atoms with Crippen LogP contribution < -0.4 is 0 Å². The lowest BCUT2D eigenvalue weighted by Gasteiger charge is -2.42. The van der Waals surface area contributed by atoms with E-state index in [1.54, 1.807) is 29.2 Å². The summed E-state index contributed by atoms with van der Waals surface area (Å²) < 4.78 is 47.5. The van der Waals surface area contributed by atoms with Crippen LogP contribution in [-0.2, 0) is 14.8 Å². The van der Waals surface area contributed by atoms with Crippen molar-refractivity contribution in [3.05, 3.63) is 64.4 Å². The van der Waals surface area contributed by atoms with Gasteiger partial charge in [-0.15, -0.1) is 0 Å². The molecular formula is C21H22ClFN2O4S. The molecule has 1 spiro atoms. The highest BCUT2D eigenvalue weighted by atomic mass is 35.5. The van der Waals surface area contributed by atoms with E-state index >= 15 is 0 Å². The summed E-state index contributed by atoms with van der Waals surface area (Å²) in [5, 5.41) is 0.385. The first kappa shape index (κ1) is 21.2. The van der Waals surface area contributed by atoms with Gasteiger partial charge in [-0.2, -0.15) is 4.31 Å². The standard InChI is InChI=1S/C21H22ClFN2O4S/c1-15-14-16(6-7-19(15)23)30(27,28)25-12-13-29-21(25)8-10-24(11-9-21)20(26)17-4-2-3-5-18(17)22/h2-7,14H,8-13H2,1H3. The van der Waals surface area contributed by atoms with Gasteiger partial charge < -0.3 is 9.64 Å². The van der Waals surface area contributed by atoms with E-state index < -0.39 is 21.6 Å². The van der Waals surface area contributed by atoms with E-state index in [0.717, 1.165) is 6.07 Å². The zero-order valence-corrected chi connectivity index (χ0v) is 18.0. The molecule has 0 radical (unpaired) electrons. The molecule has 1 amide bonds. The molecule has 6 nitrogen and oxygen atoms in total. The van der Waals surface area contributed by atoms with Crippen molar-refractivity contribution >= 4 is 27.5 Å². The maximum Gasteiger partial charge on any atom is 0.255 e. The number of amides is 1. The minimum absolute atomic E-state index is 0.0425. The number of nitrogens with zero attached hydrogens (tertiary/aromatic N) is 2. The lowest BCUT2D eigenvalue weighted by atomic mass is 10.00. The molecule has 2 fully saturated rings. The topological polar surface area (TPSA) is 66.9 Å². The van der Waals surface area contributed by atoms with Crippen LogP contribution in [0.1, 0.15) is 28.8 Å². The Balaban J connectivity index is 1.55. The van der Waals surface area contributed by atoms with Crippen molar-refractivity contribution in [3.63, 3.8) is 0 Å². The largest absolute Gasteiger partial charge is 0.358 e. The maximum atomic E-state index is 13.6. The number of halogens is 2. The van der Waals surface area contributed by atoms with Gasteiger partial charge in [0.25, 0.3) is 5.91 Å². The van der Waals surface area contributed by atoms with Crippen LogP contribution in [0.25, 0.3) is 0 Å². The zero-order valence-electron chi connectivity index (χ0n) is 16.5. The normalized spacial score (nSPS) is 19.4. The Labute approximate surface area is 180 Å². The van der Waals surface area contributed by atoms with Gasteiger partial charge in [0, 0.05) is 32.5 Å². The van der Waals surface area contributed by atoms with Crippen LogP contribution in [0.2, 0.25) is 5.02 Å². The molecule has 2 aliphatic rings. The van der Waals surface area contributed by atoms with E-state index in [1.165, 1.54) is 23.4 Å². The second-order valence-electron chi connectivity index (χ2n) is 7.55. The second-order valence-corrected chi connectivity index (χ2v) is 9.82. The van der Waals surface area contributed by atoms with Crippen molar-refractivity contribution in [1.82, 2.24) is 9.21 Å². The van der Waals surface area contributed by atoms with Gasteiger partial charge in [0.15, 0.2) is 0 Å². The second kappa shape index (κ2) is 7.92. The molecule has 0 saturated carbocycles. The number of likely N-dealkylation sites (tertiary alicyclic amines) is 1. The van der Waals surface area contributed by atoms with Gasteiger partial charge in [-0.1, -0.05) is 23.7 Å².